The van der Waals surface area contributed by atoms with Crippen LogP contribution in [0.15, 0.2) is 23.7 Å². The van der Waals surface area contributed by atoms with E-state index < -0.39 is 8.25 Å². The van der Waals surface area contributed by atoms with Gasteiger partial charge in [0.15, 0.2) is 12.5 Å². The molecule has 0 amide bonds. The molecule has 0 saturated heterocycles. The zero-order chi connectivity index (χ0) is 15.9. The molecule has 0 saturated carbocycles. The molecule has 0 bridgehead atoms. The van der Waals surface area contributed by atoms with Crippen molar-refractivity contribution in [1.29, 1.82) is 0 Å². The zero-order valence-electron chi connectivity index (χ0n) is 14.1. The van der Waals surface area contributed by atoms with Crippen LogP contribution in [0.5, 0.6) is 0 Å². The van der Waals surface area contributed by atoms with Gasteiger partial charge in [0.1, 0.15) is 0 Å². The van der Waals surface area contributed by atoms with E-state index in [4.69, 9.17) is 9.05 Å². The standard InChI is InChI=1S/C16H30O3P/c1-11(2)15(12(3)4)9-18-20(17)19-10-16(13(5)6)14(7)8/h9-14H,1-8H3/q+1. The highest BCUT2D eigenvalue weighted by Gasteiger charge is 2.22. The predicted octanol–water partition coefficient (Wildman–Crippen LogP) is 6.07. The molecular weight excluding hydrogens is 271 g/mol. The van der Waals surface area contributed by atoms with Gasteiger partial charge in [-0.25, -0.2) is 9.05 Å². The molecule has 0 N–H and O–H groups in total. The average molecular weight is 301 g/mol. The van der Waals surface area contributed by atoms with Crippen molar-refractivity contribution in [3.8, 4) is 0 Å². The van der Waals surface area contributed by atoms with E-state index in [0.29, 0.717) is 23.7 Å². The molecule has 4 heteroatoms. The Kier molecular flexibility index (Phi) is 8.80. The Balaban J connectivity index is 4.65. The van der Waals surface area contributed by atoms with Crippen LogP contribution in [0.1, 0.15) is 55.4 Å². The van der Waals surface area contributed by atoms with Crippen molar-refractivity contribution in [2.75, 3.05) is 0 Å². The van der Waals surface area contributed by atoms with Gasteiger partial charge in [-0.2, -0.15) is 0 Å². The summed E-state index contributed by atoms with van der Waals surface area (Å²) in [5.41, 5.74) is 2.27. The minimum Gasteiger partial charge on any atom is -0.230 e. The van der Waals surface area contributed by atoms with Crippen LogP contribution in [0.2, 0.25) is 0 Å². The Bertz CT molecular complexity index is 312. The highest BCUT2D eigenvalue weighted by Crippen LogP contribution is 2.30. The van der Waals surface area contributed by atoms with Gasteiger partial charge in [0, 0.05) is 4.57 Å². The molecule has 0 aliphatic rings. The van der Waals surface area contributed by atoms with Crippen molar-refractivity contribution in [2.45, 2.75) is 55.4 Å². The fraction of sp³-hybridized carbons (Fsp3) is 0.750. The topological polar surface area (TPSA) is 35.5 Å². The van der Waals surface area contributed by atoms with E-state index in [1.165, 1.54) is 0 Å². The molecule has 0 heterocycles. The van der Waals surface area contributed by atoms with Crippen LogP contribution in [0, 0.1) is 23.7 Å². The summed E-state index contributed by atoms with van der Waals surface area (Å²) in [5.74, 6) is 1.48. The van der Waals surface area contributed by atoms with Crippen LogP contribution >= 0.6 is 8.25 Å². The zero-order valence-corrected chi connectivity index (χ0v) is 15.0. The highest BCUT2D eigenvalue weighted by atomic mass is 31.1. The van der Waals surface area contributed by atoms with Crippen molar-refractivity contribution in [3.05, 3.63) is 23.7 Å². The quantitative estimate of drug-likeness (QED) is 0.403. The van der Waals surface area contributed by atoms with Crippen LogP contribution in [0.25, 0.3) is 0 Å². The van der Waals surface area contributed by atoms with Crippen molar-refractivity contribution in [2.24, 2.45) is 23.7 Å². The van der Waals surface area contributed by atoms with Gasteiger partial charge in [-0.05, 0) is 34.8 Å². The summed E-state index contributed by atoms with van der Waals surface area (Å²) in [6.07, 6.45) is 3.18. The van der Waals surface area contributed by atoms with Gasteiger partial charge >= 0.3 is 8.25 Å². The first-order valence-corrected chi connectivity index (χ1v) is 8.47. The molecule has 0 spiro atoms. The first-order chi connectivity index (χ1) is 9.16. The van der Waals surface area contributed by atoms with Gasteiger partial charge in [-0.1, -0.05) is 55.4 Å². The van der Waals surface area contributed by atoms with Gasteiger partial charge in [-0.15, -0.1) is 0 Å². The molecular formula is C16H30O3P+. The van der Waals surface area contributed by atoms with Crippen LogP contribution < -0.4 is 0 Å². The lowest BCUT2D eigenvalue weighted by Gasteiger charge is -2.13. The van der Waals surface area contributed by atoms with E-state index in [0.717, 1.165) is 11.1 Å². The first-order valence-electron chi connectivity index (χ1n) is 7.37. The van der Waals surface area contributed by atoms with E-state index in [2.05, 4.69) is 55.4 Å². The second-order valence-electron chi connectivity index (χ2n) is 6.29. The molecule has 0 aromatic carbocycles. The largest absolute Gasteiger partial charge is 0.804 e. The van der Waals surface area contributed by atoms with Crippen LogP contribution in [-0.2, 0) is 13.6 Å². The van der Waals surface area contributed by atoms with E-state index in [1.807, 2.05) is 0 Å². The van der Waals surface area contributed by atoms with Crippen molar-refractivity contribution >= 4 is 8.25 Å². The molecule has 0 unspecified atom stereocenters. The fourth-order valence-corrected chi connectivity index (χ4v) is 2.58. The number of hydrogen-bond acceptors (Lipinski definition) is 3. The lowest BCUT2D eigenvalue weighted by Crippen LogP contribution is -2.03. The average Bonchev–Trinajstić information content (AvgIpc) is 2.27. The normalized spacial score (nSPS) is 11.0. The lowest BCUT2D eigenvalue weighted by molar-refractivity contribution is 0.343. The highest BCUT2D eigenvalue weighted by molar-refractivity contribution is 7.33. The smallest absolute Gasteiger partial charge is 0.230 e. The maximum atomic E-state index is 11.8. The monoisotopic (exact) mass is 301 g/mol. The number of hydrogen-bond donors (Lipinski definition) is 0. The second kappa shape index (κ2) is 9.18. The van der Waals surface area contributed by atoms with Crippen molar-refractivity contribution < 1.29 is 13.6 Å². The summed E-state index contributed by atoms with van der Waals surface area (Å²) in [6, 6.07) is 0. The minimum absolute atomic E-state index is 0.371. The van der Waals surface area contributed by atoms with Gasteiger partial charge in [0.05, 0.1) is 0 Å². The third kappa shape index (κ3) is 7.09. The molecule has 0 aliphatic heterocycles. The third-order valence-corrected chi connectivity index (χ3v) is 3.77. The van der Waals surface area contributed by atoms with Gasteiger partial charge in [0.25, 0.3) is 0 Å². The maximum absolute atomic E-state index is 11.8. The van der Waals surface area contributed by atoms with Gasteiger partial charge in [0.2, 0.25) is 0 Å². The molecule has 0 radical (unpaired) electrons. The maximum Gasteiger partial charge on any atom is 0.804 e. The molecule has 3 nitrogen and oxygen atoms in total. The Morgan fingerprint density at radius 1 is 0.700 bits per heavy atom. The lowest BCUT2D eigenvalue weighted by atomic mass is 9.94. The molecule has 20 heavy (non-hydrogen) atoms. The Hall–Kier alpha value is -0.820. The molecule has 0 aromatic rings. The summed E-state index contributed by atoms with van der Waals surface area (Å²) >= 11 is 0. The van der Waals surface area contributed by atoms with E-state index in [1.54, 1.807) is 12.5 Å². The van der Waals surface area contributed by atoms with Crippen molar-refractivity contribution in [1.82, 2.24) is 0 Å². The van der Waals surface area contributed by atoms with Crippen LogP contribution in [0.3, 0.4) is 0 Å². The summed E-state index contributed by atoms with van der Waals surface area (Å²) in [7, 11) is -2.15. The molecule has 0 aromatic heterocycles. The first kappa shape index (κ1) is 19.2. The summed E-state index contributed by atoms with van der Waals surface area (Å²) in [5, 5.41) is 0. The fourth-order valence-electron chi connectivity index (χ4n) is 2.11. The van der Waals surface area contributed by atoms with Gasteiger partial charge < -0.3 is 0 Å². The number of rotatable bonds is 8. The molecule has 0 fully saturated rings. The van der Waals surface area contributed by atoms with E-state index in [9.17, 15) is 4.57 Å². The minimum atomic E-state index is -2.15. The summed E-state index contributed by atoms with van der Waals surface area (Å²) in [4.78, 5) is 0. The van der Waals surface area contributed by atoms with Crippen LogP contribution in [-0.4, -0.2) is 0 Å². The predicted molar refractivity (Wildman–Crippen MR) is 85.3 cm³/mol. The Labute approximate surface area is 125 Å². The Morgan fingerprint density at radius 3 is 1.15 bits per heavy atom. The van der Waals surface area contributed by atoms with Crippen molar-refractivity contribution in [3.63, 3.8) is 0 Å². The summed E-state index contributed by atoms with van der Waals surface area (Å²) < 4.78 is 22.2. The molecule has 0 aliphatic carbocycles. The van der Waals surface area contributed by atoms with Gasteiger partial charge in [-0.3, -0.25) is 0 Å². The van der Waals surface area contributed by atoms with Crippen LogP contribution in [0.4, 0.5) is 0 Å². The number of allylic oxidation sites excluding steroid dienone is 2. The molecule has 0 atom stereocenters. The second-order valence-corrected chi connectivity index (χ2v) is 7.16. The molecule has 116 valence electrons. The third-order valence-electron chi connectivity index (χ3n) is 3.22. The van der Waals surface area contributed by atoms with E-state index >= 15 is 0 Å². The molecule has 0 rings (SSSR count). The summed E-state index contributed by atoms with van der Waals surface area (Å²) in [6.45, 7) is 16.8. The van der Waals surface area contributed by atoms with E-state index in [-0.39, 0.29) is 0 Å². The Morgan fingerprint density at radius 2 is 0.950 bits per heavy atom. The SMILES string of the molecule is CC(C)C(=CO[P+](=O)OC=C(C(C)C)C(C)C)C(C)C.